The summed E-state index contributed by atoms with van der Waals surface area (Å²) in [7, 11) is 0. The molecule has 3 heteroatoms. The quantitative estimate of drug-likeness (QED) is 0.790. The van der Waals surface area contributed by atoms with Crippen LogP contribution in [0.25, 0.3) is 0 Å². The van der Waals surface area contributed by atoms with Crippen molar-refractivity contribution in [2.45, 2.75) is 57.4 Å². The van der Waals surface area contributed by atoms with Gasteiger partial charge in [-0.05, 0) is 38.0 Å². The van der Waals surface area contributed by atoms with Gasteiger partial charge in [0.15, 0.2) is 0 Å². The van der Waals surface area contributed by atoms with Crippen molar-refractivity contribution in [2.24, 2.45) is 17.6 Å². The molecule has 2 N–H and O–H groups in total. The van der Waals surface area contributed by atoms with E-state index in [4.69, 9.17) is 16.3 Å². The zero-order valence-electron chi connectivity index (χ0n) is 10.1. The fourth-order valence-corrected chi connectivity index (χ4v) is 3.05. The van der Waals surface area contributed by atoms with Gasteiger partial charge in [0.05, 0.1) is 12.1 Å². The Labute approximate surface area is 98.2 Å². The van der Waals surface area contributed by atoms with Crippen LogP contribution in [0.4, 0.5) is 0 Å². The molecule has 0 aromatic carbocycles. The van der Waals surface area contributed by atoms with Crippen LogP contribution in [0.2, 0.25) is 0 Å². The first-order valence-corrected chi connectivity index (χ1v) is 6.14. The zero-order valence-corrected chi connectivity index (χ0v) is 10.1. The van der Waals surface area contributed by atoms with Crippen molar-refractivity contribution in [1.29, 1.82) is 10.5 Å². The highest BCUT2D eigenvalue weighted by Crippen LogP contribution is 2.41. The summed E-state index contributed by atoms with van der Waals surface area (Å²) >= 11 is 0. The molecule has 0 aromatic rings. The molecule has 1 saturated carbocycles. The number of rotatable bonds is 4. The average molecular weight is 219 g/mol. The summed E-state index contributed by atoms with van der Waals surface area (Å²) in [6.07, 6.45) is 6.41. The van der Waals surface area contributed by atoms with Crippen molar-refractivity contribution in [2.75, 3.05) is 0 Å². The molecule has 16 heavy (non-hydrogen) atoms. The minimum Gasteiger partial charge on any atom is -0.325 e. The van der Waals surface area contributed by atoms with Crippen LogP contribution in [-0.4, -0.2) is 5.54 Å². The molecule has 0 heterocycles. The molecule has 0 saturated heterocycles. The van der Waals surface area contributed by atoms with Gasteiger partial charge in [-0.1, -0.05) is 12.8 Å². The van der Waals surface area contributed by atoms with Crippen LogP contribution < -0.4 is 5.73 Å². The Kier molecular flexibility index (Phi) is 4.77. The van der Waals surface area contributed by atoms with E-state index in [2.05, 4.69) is 19.1 Å². The van der Waals surface area contributed by atoms with Crippen LogP contribution in [0.1, 0.15) is 51.9 Å². The second kappa shape index (κ2) is 5.87. The summed E-state index contributed by atoms with van der Waals surface area (Å²) in [5.41, 5.74) is 6.19. The van der Waals surface area contributed by atoms with Gasteiger partial charge in [0.25, 0.3) is 0 Å². The van der Waals surface area contributed by atoms with Crippen molar-refractivity contribution in [1.82, 2.24) is 0 Å². The molecular weight excluding hydrogens is 198 g/mol. The Bertz CT molecular complexity index is 295. The molecule has 1 aliphatic rings. The minimum atomic E-state index is -0.144. The molecule has 1 aliphatic carbocycles. The fourth-order valence-electron chi connectivity index (χ4n) is 3.05. The molecule has 0 spiro atoms. The monoisotopic (exact) mass is 219 g/mol. The maximum Gasteiger partial charge on any atom is 0.0621 e. The van der Waals surface area contributed by atoms with Crippen LogP contribution >= 0.6 is 0 Å². The molecule has 0 aromatic heterocycles. The van der Waals surface area contributed by atoms with Crippen LogP contribution in [0.5, 0.6) is 0 Å². The second-order valence-corrected chi connectivity index (χ2v) is 5.16. The van der Waals surface area contributed by atoms with Crippen molar-refractivity contribution in [3.63, 3.8) is 0 Å². The zero-order chi connectivity index (χ0) is 12.0. The number of hydrogen-bond acceptors (Lipinski definition) is 3. The number of nitrogens with two attached hydrogens (primary N) is 1. The topological polar surface area (TPSA) is 73.6 Å². The van der Waals surface area contributed by atoms with Gasteiger partial charge >= 0.3 is 0 Å². The number of nitriles is 2. The summed E-state index contributed by atoms with van der Waals surface area (Å²) in [5, 5.41) is 17.3. The number of hydrogen-bond donors (Lipinski definition) is 1. The van der Waals surface area contributed by atoms with Crippen molar-refractivity contribution in [3.05, 3.63) is 0 Å². The molecule has 3 unspecified atom stereocenters. The lowest BCUT2D eigenvalue weighted by molar-refractivity contribution is 0.118. The molecule has 1 rings (SSSR count). The maximum absolute atomic E-state index is 8.69. The first kappa shape index (κ1) is 13.0. The van der Waals surface area contributed by atoms with Gasteiger partial charge in [0, 0.05) is 18.4 Å². The molecule has 3 atom stereocenters. The van der Waals surface area contributed by atoms with Gasteiger partial charge in [-0.25, -0.2) is 0 Å². The Balaban J connectivity index is 2.65. The van der Waals surface area contributed by atoms with E-state index in [-0.39, 0.29) is 5.54 Å². The van der Waals surface area contributed by atoms with E-state index in [9.17, 15) is 0 Å². The van der Waals surface area contributed by atoms with Gasteiger partial charge in [-0.15, -0.1) is 0 Å². The summed E-state index contributed by atoms with van der Waals surface area (Å²) in [4.78, 5) is 0. The van der Waals surface area contributed by atoms with E-state index in [0.29, 0.717) is 24.7 Å². The largest absolute Gasteiger partial charge is 0.325 e. The molecule has 0 amide bonds. The summed E-state index contributed by atoms with van der Waals surface area (Å²) in [6.45, 7) is 2.10. The van der Waals surface area contributed by atoms with E-state index in [0.717, 1.165) is 25.7 Å². The van der Waals surface area contributed by atoms with E-state index in [1.165, 1.54) is 6.42 Å². The van der Waals surface area contributed by atoms with Crippen LogP contribution in [0, 0.1) is 34.5 Å². The van der Waals surface area contributed by atoms with Crippen LogP contribution in [-0.2, 0) is 0 Å². The third-order valence-electron chi connectivity index (χ3n) is 3.90. The lowest BCUT2D eigenvalue weighted by Gasteiger charge is -2.43. The lowest BCUT2D eigenvalue weighted by Crippen LogP contribution is -2.50. The highest BCUT2D eigenvalue weighted by Gasteiger charge is 2.38. The second-order valence-electron chi connectivity index (χ2n) is 5.16. The van der Waals surface area contributed by atoms with Gasteiger partial charge in [0.1, 0.15) is 0 Å². The third kappa shape index (κ3) is 3.22. The Morgan fingerprint density at radius 3 is 2.50 bits per heavy atom. The molecule has 0 bridgehead atoms. The average Bonchev–Trinajstić information content (AvgIpc) is 2.24. The van der Waals surface area contributed by atoms with E-state index < -0.39 is 0 Å². The molecule has 0 aliphatic heterocycles. The first-order chi connectivity index (χ1) is 7.61. The highest BCUT2D eigenvalue weighted by atomic mass is 14.8. The van der Waals surface area contributed by atoms with E-state index in [1.807, 2.05) is 0 Å². The molecule has 0 radical (unpaired) electrons. The minimum absolute atomic E-state index is 0.144. The van der Waals surface area contributed by atoms with E-state index in [1.54, 1.807) is 0 Å². The van der Waals surface area contributed by atoms with Crippen molar-refractivity contribution >= 4 is 0 Å². The maximum atomic E-state index is 8.69. The van der Waals surface area contributed by atoms with Crippen LogP contribution in [0.3, 0.4) is 0 Å². The Morgan fingerprint density at radius 1 is 1.25 bits per heavy atom. The van der Waals surface area contributed by atoms with Crippen molar-refractivity contribution < 1.29 is 0 Å². The van der Waals surface area contributed by atoms with Gasteiger partial charge in [-0.3, -0.25) is 0 Å². The Morgan fingerprint density at radius 2 is 1.88 bits per heavy atom. The normalized spacial score (nSPS) is 34.0. The third-order valence-corrected chi connectivity index (χ3v) is 3.90. The molecule has 1 fully saturated rings. The van der Waals surface area contributed by atoms with Gasteiger partial charge < -0.3 is 5.73 Å². The van der Waals surface area contributed by atoms with Gasteiger partial charge in [-0.2, -0.15) is 10.5 Å². The summed E-state index contributed by atoms with van der Waals surface area (Å²) < 4.78 is 0. The highest BCUT2D eigenvalue weighted by molar-refractivity contribution is 4.96. The molecule has 3 nitrogen and oxygen atoms in total. The number of nitrogens with zero attached hydrogens (tertiary/aromatic N) is 2. The molecule has 88 valence electrons. The lowest BCUT2D eigenvalue weighted by atomic mass is 9.65. The Hall–Kier alpha value is -1.06. The van der Waals surface area contributed by atoms with E-state index >= 15 is 0 Å². The standard InChI is InChI=1S/C13H21N3/c1-13(16)8-2-5-11(6-3-9-14)12(13)7-4-10-15/h11-12H,2-8,16H2,1H3. The first-order valence-electron chi connectivity index (χ1n) is 6.14. The summed E-state index contributed by atoms with van der Waals surface area (Å²) in [6, 6.07) is 4.42. The van der Waals surface area contributed by atoms with Crippen molar-refractivity contribution in [3.8, 4) is 12.1 Å². The molecular formula is C13H21N3. The predicted octanol–water partition coefficient (Wildman–Crippen LogP) is 2.73. The summed E-state index contributed by atoms with van der Waals surface area (Å²) in [5.74, 6) is 0.950. The predicted molar refractivity (Wildman–Crippen MR) is 63.1 cm³/mol. The van der Waals surface area contributed by atoms with Crippen LogP contribution in [0.15, 0.2) is 0 Å². The fraction of sp³-hybridized carbons (Fsp3) is 0.846. The van der Waals surface area contributed by atoms with Gasteiger partial charge in [0.2, 0.25) is 0 Å². The smallest absolute Gasteiger partial charge is 0.0621 e. The SMILES string of the molecule is CC1(N)CCCC(CCC#N)C1CCC#N.